The fourth-order valence-electron chi connectivity index (χ4n) is 2.60. The summed E-state index contributed by atoms with van der Waals surface area (Å²) in [5.41, 5.74) is 0. The number of carbonyl (C=O) groups is 1. The van der Waals surface area contributed by atoms with Crippen LogP contribution < -0.4 is 5.32 Å². The van der Waals surface area contributed by atoms with E-state index in [-0.39, 0.29) is 12.1 Å². The zero-order valence-corrected chi connectivity index (χ0v) is 12.7. The lowest BCUT2D eigenvalue weighted by Gasteiger charge is -2.23. The van der Waals surface area contributed by atoms with Gasteiger partial charge in [0.2, 0.25) is 0 Å². The average Bonchev–Trinajstić information content (AvgIpc) is 2.22. The zero-order valence-electron chi connectivity index (χ0n) is 12.7. The maximum atomic E-state index is 11.1. The quantitative estimate of drug-likeness (QED) is 0.627. The Morgan fingerprint density at radius 3 is 2.22 bits per heavy atom. The highest BCUT2D eigenvalue weighted by atomic mass is 16.4. The van der Waals surface area contributed by atoms with Crippen molar-refractivity contribution in [1.29, 1.82) is 0 Å². The summed E-state index contributed by atoms with van der Waals surface area (Å²) in [6.07, 6.45) is 5.00. The van der Waals surface area contributed by atoms with Gasteiger partial charge in [-0.25, -0.2) is 0 Å². The number of hydrogen-bond acceptors (Lipinski definition) is 2. The van der Waals surface area contributed by atoms with Crippen LogP contribution in [-0.2, 0) is 4.79 Å². The van der Waals surface area contributed by atoms with Crippen LogP contribution in [0, 0.1) is 11.8 Å². The van der Waals surface area contributed by atoms with Gasteiger partial charge in [-0.15, -0.1) is 0 Å². The Labute approximate surface area is 112 Å². The zero-order chi connectivity index (χ0) is 14.1. The predicted molar refractivity (Wildman–Crippen MR) is 76.8 cm³/mol. The molecule has 0 aliphatic carbocycles. The van der Waals surface area contributed by atoms with Crippen LogP contribution in [0.2, 0.25) is 0 Å². The van der Waals surface area contributed by atoms with Crippen LogP contribution >= 0.6 is 0 Å². The van der Waals surface area contributed by atoms with E-state index in [1.807, 2.05) is 0 Å². The molecule has 0 radical (unpaired) electrons. The molecule has 0 heterocycles. The van der Waals surface area contributed by atoms with Crippen molar-refractivity contribution in [3.05, 3.63) is 0 Å². The molecule has 18 heavy (non-hydrogen) atoms. The molecular formula is C15H31NO2. The van der Waals surface area contributed by atoms with Gasteiger partial charge in [-0.1, -0.05) is 40.5 Å². The number of carboxylic acid groups (broad SMARTS) is 1. The fraction of sp³-hybridized carbons (Fsp3) is 0.933. The molecule has 0 spiro atoms. The summed E-state index contributed by atoms with van der Waals surface area (Å²) in [4.78, 5) is 11.1. The number of carboxylic acids is 1. The van der Waals surface area contributed by atoms with Crippen LogP contribution in [0.5, 0.6) is 0 Å². The highest BCUT2D eigenvalue weighted by Crippen LogP contribution is 2.17. The number of rotatable bonds is 10. The smallest absolute Gasteiger partial charge is 0.320 e. The lowest BCUT2D eigenvalue weighted by atomic mass is 9.93. The van der Waals surface area contributed by atoms with Gasteiger partial charge in [0.25, 0.3) is 0 Å². The molecule has 3 heteroatoms. The monoisotopic (exact) mass is 257 g/mol. The molecule has 0 aromatic carbocycles. The van der Waals surface area contributed by atoms with Crippen molar-refractivity contribution in [2.75, 3.05) is 0 Å². The predicted octanol–water partition coefficient (Wildman–Crippen LogP) is 3.68. The third kappa shape index (κ3) is 8.51. The standard InChI is InChI=1S/C15H31NO2/c1-6-7-8-14(15(17)18)16-13(5)10-12(4)9-11(2)3/h11-14,16H,6-10H2,1-5H3,(H,17,18)/t12?,13?,14-/m0/s1. The molecule has 0 saturated carbocycles. The topological polar surface area (TPSA) is 49.3 Å². The normalized spacial score (nSPS) is 16.6. The lowest BCUT2D eigenvalue weighted by molar-refractivity contribution is -0.139. The van der Waals surface area contributed by atoms with E-state index in [2.05, 4.69) is 39.9 Å². The van der Waals surface area contributed by atoms with E-state index in [0.717, 1.165) is 25.7 Å². The van der Waals surface area contributed by atoms with E-state index >= 15 is 0 Å². The van der Waals surface area contributed by atoms with Crippen LogP contribution in [0.3, 0.4) is 0 Å². The molecule has 0 fully saturated rings. The van der Waals surface area contributed by atoms with E-state index in [1.54, 1.807) is 0 Å². The van der Waals surface area contributed by atoms with Crippen molar-refractivity contribution < 1.29 is 9.90 Å². The molecule has 0 saturated heterocycles. The van der Waals surface area contributed by atoms with Crippen molar-refractivity contribution in [3.8, 4) is 0 Å². The summed E-state index contributed by atoms with van der Waals surface area (Å²) in [6.45, 7) is 10.9. The summed E-state index contributed by atoms with van der Waals surface area (Å²) >= 11 is 0. The lowest BCUT2D eigenvalue weighted by Crippen LogP contribution is -2.42. The van der Waals surface area contributed by atoms with Crippen molar-refractivity contribution in [2.24, 2.45) is 11.8 Å². The first kappa shape index (κ1) is 17.4. The molecule has 0 aromatic heterocycles. The van der Waals surface area contributed by atoms with Gasteiger partial charge < -0.3 is 10.4 Å². The molecule has 2 N–H and O–H groups in total. The van der Waals surface area contributed by atoms with Crippen LogP contribution in [0.1, 0.15) is 66.7 Å². The number of nitrogens with one attached hydrogen (secondary N) is 1. The van der Waals surface area contributed by atoms with Gasteiger partial charge in [0.05, 0.1) is 0 Å². The Balaban J connectivity index is 4.08. The fourth-order valence-corrected chi connectivity index (χ4v) is 2.60. The third-order valence-electron chi connectivity index (χ3n) is 3.26. The number of aliphatic carboxylic acids is 1. The molecule has 0 rings (SSSR count). The van der Waals surface area contributed by atoms with Gasteiger partial charge in [0.1, 0.15) is 6.04 Å². The molecule has 0 aromatic rings. The summed E-state index contributed by atoms with van der Waals surface area (Å²) in [7, 11) is 0. The summed E-state index contributed by atoms with van der Waals surface area (Å²) in [5, 5.41) is 12.4. The Bertz CT molecular complexity index is 229. The average molecular weight is 257 g/mol. The Morgan fingerprint density at radius 1 is 1.17 bits per heavy atom. The minimum Gasteiger partial charge on any atom is -0.480 e. The van der Waals surface area contributed by atoms with Crippen molar-refractivity contribution in [3.63, 3.8) is 0 Å². The molecule has 3 nitrogen and oxygen atoms in total. The van der Waals surface area contributed by atoms with Crippen molar-refractivity contribution in [1.82, 2.24) is 5.32 Å². The second-order valence-corrected chi connectivity index (χ2v) is 6.07. The van der Waals surface area contributed by atoms with Gasteiger partial charge in [-0.3, -0.25) is 4.79 Å². The maximum Gasteiger partial charge on any atom is 0.320 e. The van der Waals surface area contributed by atoms with E-state index in [0.29, 0.717) is 11.8 Å². The summed E-state index contributed by atoms with van der Waals surface area (Å²) in [5.74, 6) is 0.641. The third-order valence-corrected chi connectivity index (χ3v) is 3.26. The molecule has 2 unspecified atom stereocenters. The summed E-state index contributed by atoms with van der Waals surface area (Å²) in [6, 6.07) is -0.108. The molecule has 3 atom stereocenters. The molecule has 108 valence electrons. The van der Waals surface area contributed by atoms with E-state index in [9.17, 15) is 4.79 Å². The maximum absolute atomic E-state index is 11.1. The second kappa shape index (κ2) is 9.37. The first-order valence-corrected chi connectivity index (χ1v) is 7.35. The Morgan fingerprint density at radius 2 is 1.78 bits per heavy atom. The molecule has 0 bridgehead atoms. The number of hydrogen-bond donors (Lipinski definition) is 2. The second-order valence-electron chi connectivity index (χ2n) is 6.07. The first-order valence-electron chi connectivity index (χ1n) is 7.35. The van der Waals surface area contributed by atoms with Crippen molar-refractivity contribution in [2.45, 2.75) is 78.8 Å². The number of unbranched alkanes of at least 4 members (excludes halogenated alkanes) is 1. The molecule has 0 amide bonds. The Kier molecular flexibility index (Phi) is 9.08. The Hall–Kier alpha value is -0.570. The van der Waals surface area contributed by atoms with Crippen LogP contribution in [0.4, 0.5) is 0 Å². The van der Waals surface area contributed by atoms with Gasteiger partial charge >= 0.3 is 5.97 Å². The van der Waals surface area contributed by atoms with E-state index < -0.39 is 5.97 Å². The summed E-state index contributed by atoms with van der Waals surface area (Å²) < 4.78 is 0. The largest absolute Gasteiger partial charge is 0.480 e. The minimum atomic E-state index is -0.716. The van der Waals surface area contributed by atoms with Crippen molar-refractivity contribution >= 4 is 5.97 Å². The molecule has 0 aliphatic rings. The van der Waals surface area contributed by atoms with Crippen LogP contribution in [-0.4, -0.2) is 23.2 Å². The van der Waals surface area contributed by atoms with Crippen LogP contribution in [0.25, 0.3) is 0 Å². The molecular weight excluding hydrogens is 226 g/mol. The minimum absolute atomic E-state index is 0.275. The molecule has 0 aliphatic heterocycles. The van der Waals surface area contributed by atoms with Gasteiger partial charge in [-0.05, 0) is 38.0 Å². The SMILES string of the molecule is CCCC[C@H](NC(C)CC(C)CC(C)C)C(=O)O. The van der Waals surface area contributed by atoms with E-state index in [1.165, 1.54) is 6.42 Å². The van der Waals surface area contributed by atoms with Gasteiger partial charge in [-0.2, -0.15) is 0 Å². The van der Waals surface area contributed by atoms with Gasteiger partial charge in [0, 0.05) is 6.04 Å². The van der Waals surface area contributed by atoms with Crippen LogP contribution in [0.15, 0.2) is 0 Å². The highest BCUT2D eigenvalue weighted by molar-refractivity contribution is 5.73. The van der Waals surface area contributed by atoms with Gasteiger partial charge in [0.15, 0.2) is 0 Å². The van der Waals surface area contributed by atoms with E-state index in [4.69, 9.17) is 5.11 Å². The highest BCUT2D eigenvalue weighted by Gasteiger charge is 2.20. The first-order chi connectivity index (χ1) is 8.36.